The molecular formula is C15H23NO4. The van der Waals surface area contributed by atoms with Gasteiger partial charge < -0.3 is 19.9 Å². The van der Waals surface area contributed by atoms with Crippen molar-refractivity contribution in [1.82, 2.24) is 5.32 Å². The molecule has 0 amide bonds. The number of ether oxygens (including phenoxy) is 2. The summed E-state index contributed by atoms with van der Waals surface area (Å²) in [6.07, 6.45) is 0.0743. The molecule has 1 rings (SSSR count). The molecule has 0 aliphatic carbocycles. The van der Waals surface area contributed by atoms with E-state index in [2.05, 4.69) is 5.32 Å². The smallest absolute Gasteiger partial charge is 0.320 e. The molecule has 0 spiro atoms. The van der Waals surface area contributed by atoms with Crippen LogP contribution in [0, 0.1) is 0 Å². The topological polar surface area (TPSA) is 67.8 Å². The van der Waals surface area contributed by atoms with Gasteiger partial charge in [-0.25, -0.2) is 0 Å². The van der Waals surface area contributed by atoms with Gasteiger partial charge in [0.15, 0.2) is 11.5 Å². The number of hydrogen-bond acceptors (Lipinski definition) is 4. The number of rotatable bonds is 8. The lowest BCUT2D eigenvalue weighted by molar-refractivity contribution is -0.139. The first-order valence-electron chi connectivity index (χ1n) is 6.82. The van der Waals surface area contributed by atoms with Gasteiger partial charge in [-0.3, -0.25) is 4.79 Å². The monoisotopic (exact) mass is 281 g/mol. The Labute approximate surface area is 119 Å². The number of carbonyl (C=O) groups is 1. The summed E-state index contributed by atoms with van der Waals surface area (Å²) in [5.41, 5.74) is 0.956. The van der Waals surface area contributed by atoms with Gasteiger partial charge in [-0.1, -0.05) is 6.07 Å². The van der Waals surface area contributed by atoms with E-state index in [0.717, 1.165) is 5.56 Å². The first-order chi connectivity index (χ1) is 9.43. The lowest BCUT2D eigenvalue weighted by Gasteiger charge is -2.16. The van der Waals surface area contributed by atoms with Crippen LogP contribution in [0.2, 0.25) is 0 Å². The van der Waals surface area contributed by atoms with Crippen LogP contribution < -0.4 is 14.8 Å². The standard InChI is InChI=1S/C15H23NO4/c1-5-19-14-8-12(9-16-11(4)15(17)18)6-7-13(14)20-10(2)3/h6-8,10-11,16H,5,9H2,1-4H3,(H,17,18)/t11-/m0/s1. The van der Waals surface area contributed by atoms with Crippen LogP contribution in [0.4, 0.5) is 0 Å². The van der Waals surface area contributed by atoms with Gasteiger partial charge in [0.2, 0.25) is 0 Å². The summed E-state index contributed by atoms with van der Waals surface area (Å²) in [5.74, 6) is 0.523. The highest BCUT2D eigenvalue weighted by atomic mass is 16.5. The Bertz CT molecular complexity index is 445. The zero-order chi connectivity index (χ0) is 15.1. The maximum Gasteiger partial charge on any atom is 0.320 e. The second-order valence-electron chi connectivity index (χ2n) is 4.82. The number of hydrogen-bond donors (Lipinski definition) is 2. The van der Waals surface area contributed by atoms with E-state index in [1.54, 1.807) is 6.92 Å². The number of carboxylic acid groups (broad SMARTS) is 1. The third-order valence-corrected chi connectivity index (χ3v) is 2.65. The van der Waals surface area contributed by atoms with Crippen LogP contribution in [0.5, 0.6) is 11.5 Å². The second kappa shape index (κ2) is 7.75. The normalized spacial score (nSPS) is 12.2. The highest BCUT2D eigenvalue weighted by molar-refractivity contribution is 5.72. The molecule has 5 nitrogen and oxygen atoms in total. The fourth-order valence-electron chi connectivity index (χ4n) is 1.64. The first kappa shape index (κ1) is 16.3. The van der Waals surface area contributed by atoms with Gasteiger partial charge >= 0.3 is 5.97 Å². The highest BCUT2D eigenvalue weighted by Gasteiger charge is 2.11. The maximum absolute atomic E-state index is 10.8. The van der Waals surface area contributed by atoms with Gasteiger partial charge in [0.1, 0.15) is 6.04 Å². The average Bonchev–Trinajstić information content (AvgIpc) is 2.38. The van der Waals surface area contributed by atoms with Crippen molar-refractivity contribution in [3.63, 3.8) is 0 Å². The van der Waals surface area contributed by atoms with Crippen LogP contribution in [0.15, 0.2) is 18.2 Å². The fourth-order valence-corrected chi connectivity index (χ4v) is 1.64. The van der Waals surface area contributed by atoms with Crippen molar-refractivity contribution in [3.05, 3.63) is 23.8 Å². The summed E-state index contributed by atoms with van der Waals surface area (Å²) in [4.78, 5) is 10.8. The van der Waals surface area contributed by atoms with Crippen LogP contribution in [0.1, 0.15) is 33.3 Å². The van der Waals surface area contributed by atoms with Crippen LogP contribution in [0.3, 0.4) is 0 Å². The van der Waals surface area contributed by atoms with Gasteiger partial charge in [0.05, 0.1) is 12.7 Å². The molecule has 1 aromatic rings. The molecule has 2 N–H and O–H groups in total. The van der Waals surface area contributed by atoms with E-state index in [0.29, 0.717) is 24.7 Å². The van der Waals surface area contributed by atoms with Crippen LogP contribution in [-0.4, -0.2) is 29.8 Å². The number of benzene rings is 1. The van der Waals surface area contributed by atoms with E-state index in [4.69, 9.17) is 14.6 Å². The molecule has 0 aromatic heterocycles. The van der Waals surface area contributed by atoms with Gasteiger partial charge in [0, 0.05) is 6.54 Å². The predicted octanol–water partition coefficient (Wildman–Crippen LogP) is 2.44. The first-order valence-corrected chi connectivity index (χ1v) is 6.82. The summed E-state index contributed by atoms with van der Waals surface area (Å²) < 4.78 is 11.2. The quantitative estimate of drug-likeness (QED) is 0.766. The molecule has 112 valence electrons. The Morgan fingerprint density at radius 1 is 1.30 bits per heavy atom. The molecule has 0 aliphatic heterocycles. The van der Waals surface area contributed by atoms with E-state index >= 15 is 0 Å². The molecule has 0 aliphatic rings. The summed E-state index contributed by atoms with van der Waals surface area (Å²) in [7, 11) is 0. The van der Waals surface area contributed by atoms with Crippen molar-refractivity contribution in [2.45, 2.75) is 46.4 Å². The number of nitrogens with one attached hydrogen (secondary N) is 1. The van der Waals surface area contributed by atoms with Gasteiger partial charge in [-0.15, -0.1) is 0 Å². The molecule has 0 bridgehead atoms. The molecule has 1 atom stereocenters. The SMILES string of the molecule is CCOc1cc(CN[C@@H](C)C(=O)O)ccc1OC(C)C. The zero-order valence-electron chi connectivity index (χ0n) is 12.5. The third kappa shape index (κ3) is 5.09. The number of carboxylic acids is 1. The molecule has 0 fully saturated rings. The van der Waals surface area contributed by atoms with E-state index in [-0.39, 0.29) is 6.10 Å². The van der Waals surface area contributed by atoms with Crippen LogP contribution in [-0.2, 0) is 11.3 Å². The molecule has 0 saturated carbocycles. The van der Waals surface area contributed by atoms with Gasteiger partial charge in [-0.05, 0) is 45.4 Å². The van der Waals surface area contributed by atoms with Gasteiger partial charge in [0.25, 0.3) is 0 Å². The minimum atomic E-state index is -0.866. The molecule has 0 unspecified atom stereocenters. The molecular weight excluding hydrogens is 258 g/mol. The van der Waals surface area contributed by atoms with E-state index in [1.165, 1.54) is 0 Å². The lowest BCUT2D eigenvalue weighted by atomic mass is 10.2. The molecule has 0 saturated heterocycles. The second-order valence-corrected chi connectivity index (χ2v) is 4.82. The molecule has 1 aromatic carbocycles. The molecule has 0 heterocycles. The molecule has 20 heavy (non-hydrogen) atoms. The van der Waals surface area contributed by atoms with E-state index < -0.39 is 12.0 Å². The molecule has 5 heteroatoms. The van der Waals surface area contributed by atoms with Crippen molar-refractivity contribution in [3.8, 4) is 11.5 Å². The molecule has 0 radical (unpaired) electrons. The van der Waals surface area contributed by atoms with Crippen molar-refractivity contribution >= 4 is 5.97 Å². The average molecular weight is 281 g/mol. The highest BCUT2D eigenvalue weighted by Crippen LogP contribution is 2.29. The Morgan fingerprint density at radius 2 is 2.00 bits per heavy atom. The Hall–Kier alpha value is -1.75. The van der Waals surface area contributed by atoms with Crippen molar-refractivity contribution < 1.29 is 19.4 Å². The lowest BCUT2D eigenvalue weighted by Crippen LogP contribution is -2.33. The fraction of sp³-hybridized carbons (Fsp3) is 0.533. The summed E-state index contributed by atoms with van der Waals surface area (Å²) in [6, 6.07) is 5.05. The Morgan fingerprint density at radius 3 is 2.55 bits per heavy atom. The predicted molar refractivity (Wildman–Crippen MR) is 77.3 cm³/mol. The van der Waals surface area contributed by atoms with Crippen molar-refractivity contribution in [2.75, 3.05) is 6.61 Å². The summed E-state index contributed by atoms with van der Waals surface area (Å²) in [6.45, 7) is 8.46. The third-order valence-electron chi connectivity index (χ3n) is 2.65. The minimum absolute atomic E-state index is 0.0743. The summed E-state index contributed by atoms with van der Waals surface area (Å²) >= 11 is 0. The largest absolute Gasteiger partial charge is 0.490 e. The van der Waals surface area contributed by atoms with Gasteiger partial charge in [-0.2, -0.15) is 0 Å². The zero-order valence-corrected chi connectivity index (χ0v) is 12.5. The summed E-state index contributed by atoms with van der Waals surface area (Å²) in [5, 5.41) is 11.8. The van der Waals surface area contributed by atoms with Crippen LogP contribution >= 0.6 is 0 Å². The Balaban J connectivity index is 2.78. The number of aliphatic carboxylic acids is 1. The van der Waals surface area contributed by atoms with E-state index in [9.17, 15) is 4.79 Å². The van der Waals surface area contributed by atoms with Crippen molar-refractivity contribution in [1.29, 1.82) is 0 Å². The Kier molecular flexibility index (Phi) is 6.31. The minimum Gasteiger partial charge on any atom is -0.490 e. The van der Waals surface area contributed by atoms with Crippen LogP contribution in [0.25, 0.3) is 0 Å². The van der Waals surface area contributed by atoms with Crippen molar-refractivity contribution in [2.24, 2.45) is 0 Å². The maximum atomic E-state index is 10.8. The van der Waals surface area contributed by atoms with E-state index in [1.807, 2.05) is 39.0 Å².